The predicted octanol–water partition coefficient (Wildman–Crippen LogP) is 4.87. The van der Waals surface area contributed by atoms with Crippen LogP contribution in [0.1, 0.15) is 49.3 Å². The zero-order valence-corrected chi connectivity index (χ0v) is 16.8. The van der Waals surface area contributed by atoms with E-state index in [2.05, 4.69) is 18.0 Å². The molecule has 3 aromatic rings. The Balaban J connectivity index is 1.97. The first-order chi connectivity index (χ1) is 14.1. The highest BCUT2D eigenvalue weighted by Crippen LogP contribution is 2.25. The number of aromatic nitrogens is 2. The molecule has 0 aliphatic carbocycles. The minimum atomic E-state index is -0.400. The van der Waals surface area contributed by atoms with Gasteiger partial charge >= 0.3 is 0 Å². The number of nitriles is 1. The smallest absolute Gasteiger partial charge is 0.254 e. The number of hydrogen-bond donors (Lipinski definition) is 0. The van der Waals surface area contributed by atoms with E-state index in [1.807, 2.05) is 13.0 Å². The third-order valence-electron chi connectivity index (χ3n) is 5.00. The monoisotopic (exact) mass is 389 g/mol. The van der Waals surface area contributed by atoms with E-state index >= 15 is 0 Å². The lowest BCUT2D eigenvalue weighted by Crippen LogP contribution is -2.26. The molecule has 0 spiro atoms. The van der Waals surface area contributed by atoms with Crippen molar-refractivity contribution in [3.63, 3.8) is 0 Å². The van der Waals surface area contributed by atoms with Crippen LogP contribution in [0, 0.1) is 17.1 Å². The molecule has 0 radical (unpaired) electrons. The number of unbranched alkanes of at least 4 members (excludes halogenated alkanes) is 1. The summed E-state index contributed by atoms with van der Waals surface area (Å²) in [5.41, 5.74) is 2.87. The average Bonchev–Trinajstić information content (AvgIpc) is 2.74. The van der Waals surface area contributed by atoms with Crippen LogP contribution in [0.5, 0.6) is 0 Å². The van der Waals surface area contributed by atoms with Crippen LogP contribution in [0.3, 0.4) is 0 Å². The molecule has 0 saturated heterocycles. The topological polar surface area (TPSA) is 58.7 Å². The summed E-state index contributed by atoms with van der Waals surface area (Å²) in [7, 11) is 0. The van der Waals surface area contributed by atoms with Gasteiger partial charge in [0.1, 0.15) is 11.6 Å². The molecule has 3 rings (SSSR count). The average molecular weight is 389 g/mol. The van der Waals surface area contributed by atoms with Crippen LogP contribution in [0.15, 0.2) is 53.3 Å². The highest BCUT2D eigenvalue weighted by molar-refractivity contribution is 5.70. The van der Waals surface area contributed by atoms with Gasteiger partial charge < -0.3 is 0 Å². The van der Waals surface area contributed by atoms with E-state index in [9.17, 15) is 14.4 Å². The Morgan fingerprint density at radius 1 is 1.14 bits per heavy atom. The van der Waals surface area contributed by atoms with Gasteiger partial charge in [-0.05, 0) is 36.1 Å². The molecule has 1 heterocycles. The maximum absolute atomic E-state index is 14.9. The van der Waals surface area contributed by atoms with Crippen molar-refractivity contribution in [3.05, 3.63) is 87.3 Å². The lowest BCUT2D eigenvalue weighted by molar-refractivity contribution is 0.577. The van der Waals surface area contributed by atoms with Crippen molar-refractivity contribution in [2.45, 2.75) is 46.1 Å². The fourth-order valence-electron chi connectivity index (χ4n) is 3.33. The molecule has 0 atom stereocenters. The van der Waals surface area contributed by atoms with Crippen LogP contribution in [0.4, 0.5) is 4.39 Å². The van der Waals surface area contributed by atoms with Crippen molar-refractivity contribution < 1.29 is 4.39 Å². The summed E-state index contributed by atoms with van der Waals surface area (Å²) in [6.07, 6.45) is 3.30. The quantitative estimate of drug-likeness (QED) is 0.579. The second-order valence-corrected chi connectivity index (χ2v) is 7.01. The Labute approximate surface area is 170 Å². The van der Waals surface area contributed by atoms with Crippen LogP contribution >= 0.6 is 0 Å². The second kappa shape index (κ2) is 9.29. The van der Waals surface area contributed by atoms with Gasteiger partial charge in [-0.2, -0.15) is 5.26 Å². The van der Waals surface area contributed by atoms with Gasteiger partial charge in [0.2, 0.25) is 0 Å². The SMILES string of the molecule is CCCCc1nc(CC)cc(=O)n1Cc1ccc(-c2ccccc2C#N)cc1F. The standard InChI is InChI=1S/C24H24FN3O/c1-3-5-10-23-27-20(4-2)14-24(29)28(23)16-19-12-11-17(13-22(19)25)21-9-7-6-8-18(21)15-26/h6-9,11-14H,3-5,10,16H2,1-2H3. The first-order valence-corrected chi connectivity index (χ1v) is 9.94. The molecule has 4 nitrogen and oxygen atoms in total. The Kier molecular flexibility index (Phi) is 6.56. The van der Waals surface area contributed by atoms with Crippen molar-refractivity contribution in [2.75, 3.05) is 0 Å². The fourth-order valence-corrected chi connectivity index (χ4v) is 3.33. The molecular weight excluding hydrogens is 365 g/mol. The second-order valence-electron chi connectivity index (χ2n) is 7.01. The van der Waals surface area contributed by atoms with E-state index in [1.165, 1.54) is 12.1 Å². The first-order valence-electron chi connectivity index (χ1n) is 9.94. The van der Waals surface area contributed by atoms with Gasteiger partial charge in [0.25, 0.3) is 5.56 Å². The molecule has 0 amide bonds. The maximum atomic E-state index is 14.9. The van der Waals surface area contributed by atoms with Crippen molar-refractivity contribution in [2.24, 2.45) is 0 Å². The lowest BCUT2D eigenvalue weighted by Gasteiger charge is -2.14. The molecule has 29 heavy (non-hydrogen) atoms. The number of aryl methyl sites for hydroxylation is 2. The van der Waals surface area contributed by atoms with Crippen molar-refractivity contribution in [3.8, 4) is 17.2 Å². The van der Waals surface area contributed by atoms with E-state index in [0.717, 1.165) is 18.5 Å². The van der Waals surface area contributed by atoms with Crippen LogP contribution in [0.25, 0.3) is 11.1 Å². The van der Waals surface area contributed by atoms with Crippen LogP contribution in [-0.2, 0) is 19.4 Å². The zero-order chi connectivity index (χ0) is 20.8. The van der Waals surface area contributed by atoms with Crippen LogP contribution < -0.4 is 5.56 Å². The number of benzene rings is 2. The molecule has 0 saturated carbocycles. The van der Waals surface area contributed by atoms with Crippen molar-refractivity contribution in [1.29, 1.82) is 5.26 Å². The number of nitrogens with zero attached hydrogens (tertiary/aromatic N) is 3. The van der Waals surface area contributed by atoms with E-state index in [0.29, 0.717) is 40.9 Å². The molecule has 148 valence electrons. The van der Waals surface area contributed by atoms with Gasteiger partial charge in [-0.3, -0.25) is 9.36 Å². The molecule has 0 aliphatic heterocycles. The predicted molar refractivity (Wildman–Crippen MR) is 112 cm³/mol. The summed E-state index contributed by atoms with van der Waals surface area (Å²) in [6.45, 7) is 4.19. The van der Waals surface area contributed by atoms with Gasteiger partial charge in [-0.25, -0.2) is 9.37 Å². The minimum absolute atomic E-state index is 0.140. The Hall–Kier alpha value is -3.26. The molecule has 2 aromatic carbocycles. The van der Waals surface area contributed by atoms with Crippen LogP contribution in [-0.4, -0.2) is 9.55 Å². The molecule has 1 aromatic heterocycles. The van der Waals surface area contributed by atoms with Gasteiger partial charge in [0, 0.05) is 23.7 Å². The molecule has 0 N–H and O–H groups in total. The zero-order valence-electron chi connectivity index (χ0n) is 16.8. The fraction of sp³-hybridized carbons (Fsp3) is 0.292. The van der Waals surface area contributed by atoms with Gasteiger partial charge in [-0.15, -0.1) is 0 Å². The van der Waals surface area contributed by atoms with Crippen LogP contribution in [0.2, 0.25) is 0 Å². The van der Waals surface area contributed by atoms with E-state index in [4.69, 9.17) is 0 Å². The third kappa shape index (κ3) is 4.60. The Morgan fingerprint density at radius 3 is 2.62 bits per heavy atom. The molecule has 0 aliphatic rings. The highest BCUT2D eigenvalue weighted by atomic mass is 19.1. The summed E-state index contributed by atoms with van der Waals surface area (Å²) in [4.78, 5) is 17.2. The van der Waals surface area contributed by atoms with E-state index < -0.39 is 5.82 Å². The molecule has 0 fully saturated rings. The minimum Gasteiger partial charge on any atom is -0.292 e. The number of rotatable bonds is 7. The van der Waals surface area contributed by atoms with Crippen molar-refractivity contribution >= 4 is 0 Å². The first kappa shape index (κ1) is 20.5. The molecular formula is C24H24FN3O. The summed E-state index contributed by atoms with van der Waals surface area (Å²) in [5, 5.41) is 9.28. The summed E-state index contributed by atoms with van der Waals surface area (Å²) < 4.78 is 16.5. The molecule has 0 bridgehead atoms. The lowest BCUT2D eigenvalue weighted by atomic mass is 9.99. The highest BCUT2D eigenvalue weighted by Gasteiger charge is 2.13. The maximum Gasteiger partial charge on any atom is 0.254 e. The van der Waals surface area contributed by atoms with Gasteiger partial charge in [0.05, 0.1) is 18.2 Å². The van der Waals surface area contributed by atoms with Gasteiger partial charge in [0.15, 0.2) is 0 Å². The summed E-state index contributed by atoms with van der Waals surface area (Å²) >= 11 is 0. The Morgan fingerprint density at radius 2 is 1.93 bits per heavy atom. The van der Waals surface area contributed by atoms with Crippen molar-refractivity contribution in [1.82, 2.24) is 9.55 Å². The number of halogens is 1. The largest absolute Gasteiger partial charge is 0.292 e. The Bertz CT molecular complexity index is 1110. The molecule has 5 heteroatoms. The summed E-state index contributed by atoms with van der Waals surface area (Å²) in [5.74, 6) is 0.303. The summed E-state index contributed by atoms with van der Waals surface area (Å²) in [6, 6.07) is 15.7. The van der Waals surface area contributed by atoms with E-state index in [1.54, 1.807) is 34.9 Å². The third-order valence-corrected chi connectivity index (χ3v) is 5.00. The van der Waals surface area contributed by atoms with Gasteiger partial charge in [-0.1, -0.05) is 50.6 Å². The molecule has 0 unspecified atom stereocenters. The van der Waals surface area contributed by atoms with E-state index in [-0.39, 0.29) is 12.1 Å². The number of hydrogen-bond acceptors (Lipinski definition) is 3. The normalized spacial score (nSPS) is 10.7.